The number of carbonyl (C=O) groups is 3. The molecule has 1 heterocycles. The fourth-order valence-corrected chi connectivity index (χ4v) is 5.50. The number of thioether (sulfide) groups is 2. The van der Waals surface area contributed by atoms with Crippen molar-refractivity contribution >= 4 is 41.4 Å². The number of hydrogen-bond acceptors (Lipinski definition) is 6. The first-order chi connectivity index (χ1) is 15.0. The first-order valence-electron chi connectivity index (χ1n) is 9.77. The lowest BCUT2D eigenvalue weighted by molar-refractivity contribution is -0.147. The molecule has 9 heteroatoms. The molecule has 0 saturated carbocycles. The van der Waals surface area contributed by atoms with E-state index in [1.165, 1.54) is 28.4 Å². The van der Waals surface area contributed by atoms with Crippen LogP contribution < -0.4 is 5.32 Å². The van der Waals surface area contributed by atoms with Crippen molar-refractivity contribution in [3.05, 3.63) is 66.2 Å². The Morgan fingerprint density at radius 2 is 1.71 bits per heavy atom. The van der Waals surface area contributed by atoms with Crippen molar-refractivity contribution in [3.8, 4) is 0 Å². The normalized spacial score (nSPS) is 20.1. The minimum atomic E-state index is -1.10. The number of carboxylic acid groups (broad SMARTS) is 2. The second kappa shape index (κ2) is 11.2. The number of benzene rings is 2. The molecule has 0 spiro atoms. The molecule has 2 aromatic rings. The highest BCUT2D eigenvalue weighted by Crippen LogP contribution is 2.30. The van der Waals surface area contributed by atoms with Gasteiger partial charge in [-0.15, -0.1) is 11.8 Å². The molecule has 1 saturated heterocycles. The standard InChI is InChI=1S/C22H24N2O5S2/c25-20(26)11-24-19(15-7-3-1-4-8-15)14-30-12-17(21(24)27)23-18(22(28)29)13-31-16-9-5-2-6-10-16/h1-10,17-19,23H,11-14H2,(H,25,26)(H,28,29). The van der Waals surface area contributed by atoms with Crippen LogP contribution in [0.15, 0.2) is 65.6 Å². The fraction of sp³-hybridized carbons (Fsp3) is 0.318. The highest BCUT2D eigenvalue weighted by Gasteiger charge is 2.37. The summed E-state index contributed by atoms with van der Waals surface area (Å²) in [5.41, 5.74) is 0.861. The molecule has 0 aromatic heterocycles. The number of nitrogens with one attached hydrogen (secondary N) is 1. The van der Waals surface area contributed by atoms with Crippen molar-refractivity contribution in [2.75, 3.05) is 23.8 Å². The summed E-state index contributed by atoms with van der Waals surface area (Å²) in [5.74, 6) is -1.38. The van der Waals surface area contributed by atoms with E-state index in [1.54, 1.807) is 0 Å². The second-order valence-corrected chi connectivity index (χ2v) is 9.23. The van der Waals surface area contributed by atoms with Crippen LogP contribution in [-0.4, -0.2) is 68.8 Å². The van der Waals surface area contributed by atoms with Gasteiger partial charge in [-0.25, -0.2) is 0 Å². The molecule has 0 aliphatic carbocycles. The smallest absolute Gasteiger partial charge is 0.323 e. The zero-order valence-corrected chi connectivity index (χ0v) is 18.3. The summed E-state index contributed by atoms with van der Waals surface area (Å²) in [7, 11) is 0. The predicted molar refractivity (Wildman–Crippen MR) is 121 cm³/mol. The molecule has 0 radical (unpaired) electrons. The van der Waals surface area contributed by atoms with Crippen LogP contribution in [0.3, 0.4) is 0 Å². The van der Waals surface area contributed by atoms with Crippen LogP contribution in [0.4, 0.5) is 0 Å². The number of carbonyl (C=O) groups excluding carboxylic acids is 1. The molecule has 164 valence electrons. The van der Waals surface area contributed by atoms with Crippen molar-refractivity contribution in [2.24, 2.45) is 0 Å². The Kier molecular flexibility index (Phi) is 8.39. The van der Waals surface area contributed by atoms with E-state index < -0.39 is 36.5 Å². The summed E-state index contributed by atoms with van der Waals surface area (Å²) >= 11 is 2.90. The van der Waals surface area contributed by atoms with Gasteiger partial charge in [0.15, 0.2) is 0 Å². The SMILES string of the molecule is O=C(O)CN1C(=O)C(NC(CSc2ccccc2)C(=O)O)CSCC1c1ccccc1. The van der Waals surface area contributed by atoms with Crippen molar-refractivity contribution < 1.29 is 24.6 Å². The fourth-order valence-electron chi connectivity index (χ4n) is 3.35. The Morgan fingerprint density at radius 1 is 1.06 bits per heavy atom. The van der Waals surface area contributed by atoms with Crippen molar-refractivity contribution in [2.45, 2.75) is 23.0 Å². The molecule has 1 aliphatic rings. The summed E-state index contributed by atoms with van der Waals surface area (Å²) in [6.07, 6.45) is 0. The molecule has 0 bridgehead atoms. The molecule has 3 N–H and O–H groups in total. The van der Waals surface area contributed by atoms with Crippen LogP contribution in [0, 0.1) is 0 Å². The molecule has 3 atom stereocenters. The van der Waals surface area contributed by atoms with Gasteiger partial charge in [-0.3, -0.25) is 19.7 Å². The average molecular weight is 461 g/mol. The van der Waals surface area contributed by atoms with Crippen LogP contribution in [0.25, 0.3) is 0 Å². The van der Waals surface area contributed by atoms with Gasteiger partial charge >= 0.3 is 11.9 Å². The summed E-state index contributed by atoms with van der Waals surface area (Å²) in [6.45, 7) is -0.437. The van der Waals surface area contributed by atoms with Gasteiger partial charge in [-0.2, -0.15) is 11.8 Å². The van der Waals surface area contributed by atoms with Gasteiger partial charge in [0.1, 0.15) is 12.6 Å². The minimum absolute atomic E-state index is 0.245. The zero-order chi connectivity index (χ0) is 22.2. The summed E-state index contributed by atoms with van der Waals surface area (Å²) in [6, 6.07) is 16.6. The molecule has 1 aliphatic heterocycles. The topological polar surface area (TPSA) is 107 Å². The lowest BCUT2D eigenvalue weighted by Gasteiger charge is -2.31. The highest BCUT2D eigenvalue weighted by atomic mass is 32.2. The van der Waals surface area contributed by atoms with E-state index >= 15 is 0 Å². The molecule has 7 nitrogen and oxygen atoms in total. The van der Waals surface area contributed by atoms with Gasteiger partial charge in [0, 0.05) is 22.2 Å². The lowest BCUT2D eigenvalue weighted by atomic mass is 10.1. The molecular weight excluding hydrogens is 436 g/mol. The molecule has 3 rings (SSSR count). The summed E-state index contributed by atoms with van der Waals surface area (Å²) in [5, 5.41) is 22.0. The zero-order valence-electron chi connectivity index (χ0n) is 16.7. The van der Waals surface area contributed by atoms with Crippen LogP contribution in [0.5, 0.6) is 0 Å². The first kappa shape index (κ1) is 23.2. The number of hydrogen-bond donors (Lipinski definition) is 3. The van der Waals surface area contributed by atoms with E-state index in [-0.39, 0.29) is 11.8 Å². The monoisotopic (exact) mass is 460 g/mol. The van der Waals surface area contributed by atoms with Crippen LogP contribution >= 0.6 is 23.5 Å². The Bertz CT molecular complexity index is 897. The lowest BCUT2D eigenvalue weighted by Crippen LogP contribution is -2.54. The van der Waals surface area contributed by atoms with Gasteiger partial charge in [0.05, 0.1) is 12.1 Å². The highest BCUT2D eigenvalue weighted by molar-refractivity contribution is 7.99. The van der Waals surface area contributed by atoms with Crippen molar-refractivity contribution in [3.63, 3.8) is 0 Å². The van der Waals surface area contributed by atoms with Gasteiger partial charge in [-0.05, 0) is 17.7 Å². The van der Waals surface area contributed by atoms with E-state index in [1.807, 2.05) is 60.7 Å². The Hall–Kier alpha value is -2.49. The maximum Gasteiger partial charge on any atom is 0.323 e. The Morgan fingerprint density at radius 3 is 2.32 bits per heavy atom. The number of nitrogens with zero attached hydrogens (tertiary/aromatic N) is 1. The number of amides is 1. The van der Waals surface area contributed by atoms with Crippen molar-refractivity contribution in [1.29, 1.82) is 0 Å². The quantitative estimate of drug-likeness (QED) is 0.490. The number of aliphatic carboxylic acids is 2. The van der Waals surface area contributed by atoms with E-state index in [0.29, 0.717) is 11.5 Å². The average Bonchev–Trinajstić information content (AvgIpc) is 2.91. The third kappa shape index (κ3) is 6.49. The summed E-state index contributed by atoms with van der Waals surface area (Å²) < 4.78 is 0. The third-order valence-electron chi connectivity index (χ3n) is 4.87. The molecule has 3 unspecified atom stereocenters. The van der Waals surface area contributed by atoms with Gasteiger partial charge in [-0.1, -0.05) is 48.5 Å². The Labute approximate surface area is 189 Å². The minimum Gasteiger partial charge on any atom is -0.480 e. The number of rotatable bonds is 9. The molecule has 1 fully saturated rings. The number of carboxylic acids is 2. The third-order valence-corrected chi connectivity index (χ3v) is 7.09. The van der Waals surface area contributed by atoms with Crippen LogP contribution in [0.2, 0.25) is 0 Å². The van der Waals surface area contributed by atoms with E-state index in [9.17, 15) is 24.6 Å². The van der Waals surface area contributed by atoms with Crippen LogP contribution in [0.1, 0.15) is 11.6 Å². The van der Waals surface area contributed by atoms with Gasteiger partial charge in [0.25, 0.3) is 0 Å². The maximum absolute atomic E-state index is 13.3. The largest absolute Gasteiger partial charge is 0.480 e. The summed E-state index contributed by atoms with van der Waals surface area (Å²) in [4.78, 5) is 38.9. The molecule has 31 heavy (non-hydrogen) atoms. The van der Waals surface area contributed by atoms with Crippen LogP contribution in [-0.2, 0) is 14.4 Å². The van der Waals surface area contributed by atoms with Gasteiger partial charge < -0.3 is 15.1 Å². The van der Waals surface area contributed by atoms with E-state index in [4.69, 9.17) is 0 Å². The maximum atomic E-state index is 13.3. The van der Waals surface area contributed by atoms with Gasteiger partial charge in [0.2, 0.25) is 5.91 Å². The van der Waals surface area contributed by atoms with Crippen molar-refractivity contribution in [1.82, 2.24) is 10.2 Å². The first-order valence-corrected chi connectivity index (χ1v) is 11.9. The van der Waals surface area contributed by atoms with E-state index in [0.717, 1.165) is 10.5 Å². The second-order valence-electron chi connectivity index (χ2n) is 7.06. The van der Waals surface area contributed by atoms with E-state index in [2.05, 4.69) is 5.32 Å². The predicted octanol–water partition coefficient (Wildman–Crippen LogP) is 2.59. The molecular formula is C22H24N2O5S2. The molecule has 2 aromatic carbocycles. The molecule has 1 amide bonds. The Balaban J connectivity index is 1.75.